The molecule has 1 fully saturated rings. The van der Waals surface area contributed by atoms with E-state index in [1.807, 2.05) is 0 Å². The molecule has 1 aromatic carbocycles. The fraction of sp³-hybridized carbons (Fsp3) is 0.538. The van der Waals surface area contributed by atoms with Crippen LogP contribution in [0.2, 0.25) is 0 Å². The molecule has 1 atom stereocenters. The molecule has 0 amide bonds. The minimum Gasteiger partial charge on any atom is -0.318 e. The summed E-state index contributed by atoms with van der Waals surface area (Å²) in [4.78, 5) is 0. The lowest BCUT2D eigenvalue weighted by atomic mass is 10.1. The van der Waals surface area contributed by atoms with Gasteiger partial charge in [-0.15, -0.1) is 0 Å². The van der Waals surface area contributed by atoms with Crippen LogP contribution in [0.1, 0.15) is 19.3 Å². The van der Waals surface area contributed by atoms with E-state index in [1.54, 1.807) is 7.05 Å². The smallest absolute Gasteiger partial charge is 0.302 e. The first kappa shape index (κ1) is 16.7. The topological polar surface area (TPSA) is 61.4 Å². The van der Waals surface area contributed by atoms with Crippen LogP contribution in [0.3, 0.4) is 0 Å². The Kier molecular flexibility index (Phi) is 5.59. The SMILES string of the molecule is CNCC1CCCCN1S(=O)(=O)Nc1cc(Br)ccc1F. The van der Waals surface area contributed by atoms with Crippen LogP contribution in [-0.4, -0.2) is 38.9 Å². The highest BCUT2D eigenvalue weighted by molar-refractivity contribution is 9.10. The second-order valence-corrected chi connectivity index (χ2v) is 7.59. The van der Waals surface area contributed by atoms with Crippen LogP contribution >= 0.6 is 15.9 Å². The quantitative estimate of drug-likeness (QED) is 0.824. The van der Waals surface area contributed by atoms with E-state index < -0.39 is 16.0 Å². The maximum Gasteiger partial charge on any atom is 0.302 e. The van der Waals surface area contributed by atoms with Crippen molar-refractivity contribution >= 4 is 31.8 Å². The zero-order valence-corrected chi connectivity index (χ0v) is 14.2. The van der Waals surface area contributed by atoms with Crippen LogP contribution in [0, 0.1) is 5.82 Å². The number of hydrogen-bond donors (Lipinski definition) is 2. The fourth-order valence-corrected chi connectivity index (χ4v) is 4.36. The average Bonchev–Trinajstić information content (AvgIpc) is 2.43. The molecule has 0 saturated carbocycles. The maximum absolute atomic E-state index is 13.7. The monoisotopic (exact) mass is 379 g/mol. The lowest BCUT2D eigenvalue weighted by Crippen LogP contribution is -2.50. The number of anilines is 1. The van der Waals surface area contributed by atoms with Crippen LogP contribution in [0.15, 0.2) is 22.7 Å². The average molecular weight is 380 g/mol. The highest BCUT2D eigenvalue weighted by atomic mass is 79.9. The number of benzene rings is 1. The number of piperidine rings is 1. The number of halogens is 2. The second-order valence-electron chi connectivity index (χ2n) is 5.05. The van der Waals surface area contributed by atoms with E-state index in [2.05, 4.69) is 26.0 Å². The molecule has 0 bridgehead atoms. The summed E-state index contributed by atoms with van der Waals surface area (Å²) in [6.45, 7) is 1.04. The third kappa shape index (κ3) is 4.15. The lowest BCUT2D eigenvalue weighted by Gasteiger charge is -2.34. The summed E-state index contributed by atoms with van der Waals surface area (Å²) in [5.41, 5.74) is -0.0434. The van der Waals surface area contributed by atoms with Crippen LogP contribution < -0.4 is 10.0 Å². The van der Waals surface area contributed by atoms with E-state index in [4.69, 9.17) is 0 Å². The minimum absolute atomic E-state index is 0.0434. The van der Waals surface area contributed by atoms with Gasteiger partial charge in [0.1, 0.15) is 5.82 Å². The van der Waals surface area contributed by atoms with Gasteiger partial charge in [-0.1, -0.05) is 22.4 Å². The van der Waals surface area contributed by atoms with Crippen molar-refractivity contribution < 1.29 is 12.8 Å². The second kappa shape index (κ2) is 7.04. The normalized spacial score (nSPS) is 20.4. The summed E-state index contributed by atoms with van der Waals surface area (Å²) in [6.07, 6.45) is 2.63. The van der Waals surface area contributed by atoms with Crippen LogP contribution in [0.5, 0.6) is 0 Å². The van der Waals surface area contributed by atoms with Crippen LogP contribution in [0.25, 0.3) is 0 Å². The first-order chi connectivity index (χ1) is 9.94. The Morgan fingerprint density at radius 1 is 1.43 bits per heavy atom. The predicted octanol–water partition coefficient (Wildman–Crippen LogP) is 2.32. The first-order valence-corrected chi connectivity index (χ1v) is 9.06. The fourth-order valence-electron chi connectivity index (χ4n) is 2.50. The van der Waals surface area contributed by atoms with Gasteiger partial charge in [0.2, 0.25) is 0 Å². The lowest BCUT2D eigenvalue weighted by molar-refractivity contribution is 0.250. The molecule has 21 heavy (non-hydrogen) atoms. The van der Waals surface area contributed by atoms with E-state index in [0.29, 0.717) is 17.6 Å². The summed E-state index contributed by atoms with van der Waals surface area (Å²) in [5.74, 6) is -0.594. The molecule has 1 aliphatic heterocycles. The molecule has 1 saturated heterocycles. The number of hydrogen-bond acceptors (Lipinski definition) is 3. The van der Waals surface area contributed by atoms with Crippen molar-refractivity contribution in [2.45, 2.75) is 25.3 Å². The van der Waals surface area contributed by atoms with Gasteiger partial charge in [-0.05, 0) is 38.1 Å². The molecular weight excluding hydrogens is 361 g/mol. The molecule has 2 N–H and O–H groups in total. The van der Waals surface area contributed by atoms with Crippen molar-refractivity contribution in [3.63, 3.8) is 0 Å². The van der Waals surface area contributed by atoms with Gasteiger partial charge in [0.05, 0.1) is 5.69 Å². The van der Waals surface area contributed by atoms with Crippen molar-refractivity contribution in [2.75, 3.05) is 24.9 Å². The summed E-state index contributed by atoms with van der Waals surface area (Å²) in [6, 6.07) is 4.07. The highest BCUT2D eigenvalue weighted by Gasteiger charge is 2.32. The largest absolute Gasteiger partial charge is 0.318 e. The number of likely N-dealkylation sites (N-methyl/N-ethyl adjacent to an activating group) is 1. The van der Waals surface area contributed by atoms with Gasteiger partial charge in [-0.25, -0.2) is 4.39 Å². The zero-order chi connectivity index (χ0) is 15.5. The van der Waals surface area contributed by atoms with Crippen molar-refractivity contribution in [3.05, 3.63) is 28.5 Å². The summed E-state index contributed by atoms with van der Waals surface area (Å²) >= 11 is 3.21. The Bertz CT molecular complexity index is 595. The highest BCUT2D eigenvalue weighted by Crippen LogP contribution is 2.25. The molecule has 0 radical (unpaired) electrons. The molecule has 8 heteroatoms. The maximum atomic E-state index is 13.7. The molecular formula is C13H19BrFN3O2S. The van der Waals surface area contributed by atoms with Gasteiger partial charge in [0.25, 0.3) is 0 Å². The van der Waals surface area contributed by atoms with Crippen molar-refractivity contribution in [3.8, 4) is 0 Å². The summed E-state index contributed by atoms with van der Waals surface area (Å²) in [7, 11) is -1.97. The Balaban J connectivity index is 2.22. The Morgan fingerprint density at radius 3 is 2.90 bits per heavy atom. The van der Waals surface area contributed by atoms with E-state index in [0.717, 1.165) is 19.3 Å². The van der Waals surface area contributed by atoms with Gasteiger partial charge in [-0.3, -0.25) is 4.72 Å². The number of nitrogens with one attached hydrogen (secondary N) is 2. The predicted molar refractivity (Wildman–Crippen MR) is 84.9 cm³/mol. The Hall–Kier alpha value is -0.700. The van der Waals surface area contributed by atoms with Gasteiger partial charge in [-0.2, -0.15) is 12.7 Å². The summed E-state index contributed by atoms with van der Waals surface area (Å²) in [5, 5.41) is 3.01. The van der Waals surface area contributed by atoms with Crippen molar-refractivity contribution in [2.24, 2.45) is 0 Å². The van der Waals surface area contributed by atoms with Crippen molar-refractivity contribution in [1.82, 2.24) is 9.62 Å². The van der Waals surface area contributed by atoms with E-state index in [1.165, 1.54) is 22.5 Å². The molecule has 5 nitrogen and oxygen atoms in total. The number of nitrogens with zero attached hydrogens (tertiary/aromatic N) is 1. The molecule has 1 aromatic rings. The molecule has 0 aliphatic carbocycles. The molecule has 1 aliphatic rings. The van der Waals surface area contributed by atoms with Crippen molar-refractivity contribution in [1.29, 1.82) is 0 Å². The zero-order valence-electron chi connectivity index (χ0n) is 11.8. The van der Waals surface area contributed by atoms with Gasteiger partial charge in [0.15, 0.2) is 0 Å². The molecule has 1 unspecified atom stereocenters. The molecule has 118 valence electrons. The van der Waals surface area contributed by atoms with Crippen LogP contribution in [0.4, 0.5) is 10.1 Å². The summed E-state index contributed by atoms with van der Waals surface area (Å²) < 4.78 is 43.1. The third-order valence-electron chi connectivity index (χ3n) is 3.49. The molecule has 0 spiro atoms. The van der Waals surface area contributed by atoms with Crippen LogP contribution in [-0.2, 0) is 10.2 Å². The Morgan fingerprint density at radius 2 is 2.19 bits per heavy atom. The Labute approximate surface area is 133 Å². The molecule has 0 aromatic heterocycles. The molecule has 2 rings (SSSR count). The van der Waals surface area contributed by atoms with E-state index >= 15 is 0 Å². The molecule has 1 heterocycles. The third-order valence-corrected chi connectivity index (χ3v) is 5.56. The van der Waals surface area contributed by atoms with Gasteiger partial charge < -0.3 is 5.32 Å². The standard InChI is InChI=1S/C13H19BrFN3O2S/c1-16-9-11-4-2-3-7-18(11)21(19,20)17-13-8-10(14)5-6-12(13)15/h5-6,8,11,16-17H,2-4,7,9H2,1H3. The number of rotatable bonds is 5. The first-order valence-electron chi connectivity index (χ1n) is 6.83. The van der Waals surface area contributed by atoms with Gasteiger partial charge >= 0.3 is 10.2 Å². The van der Waals surface area contributed by atoms with E-state index in [-0.39, 0.29) is 11.7 Å². The van der Waals surface area contributed by atoms with Gasteiger partial charge in [0, 0.05) is 23.6 Å². The minimum atomic E-state index is -3.76. The van der Waals surface area contributed by atoms with E-state index in [9.17, 15) is 12.8 Å².